The van der Waals surface area contributed by atoms with Crippen LogP contribution in [0.4, 0.5) is 4.79 Å². The Balaban J connectivity index is 1.72. The van der Waals surface area contributed by atoms with Crippen molar-refractivity contribution in [1.82, 2.24) is 9.80 Å². The van der Waals surface area contributed by atoms with Gasteiger partial charge in [0, 0.05) is 32.2 Å². The molecule has 0 aromatic rings. The summed E-state index contributed by atoms with van der Waals surface area (Å²) in [5.74, 6) is 0. The highest BCUT2D eigenvalue weighted by Gasteiger charge is 2.39. The maximum atomic E-state index is 10.4. The molecule has 0 spiro atoms. The van der Waals surface area contributed by atoms with Gasteiger partial charge in [0.2, 0.25) is 0 Å². The fourth-order valence-corrected chi connectivity index (χ4v) is 1.63. The van der Waals surface area contributed by atoms with Crippen LogP contribution in [-0.2, 0) is 0 Å². The van der Waals surface area contributed by atoms with Gasteiger partial charge in [0.1, 0.15) is 0 Å². The maximum absolute atomic E-state index is 10.4. The Morgan fingerprint density at radius 1 is 1.25 bits per heavy atom. The van der Waals surface area contributed by atoms with E-state index in [1.807, 2.05) is 0 Å². The molecule has 12 heavy (non-hydrogen) atoms. The first-order valence-electron chi connectivity index (χ1n) is 4.07. The zero-order valence-corrected chi connectivity index (χ0v) is 6.68. The van der Waals surface area contributed by atoms with E-state index in [1.54, 1.807) is 0 Å². The second kappa shape index (κ2) is 2.60. The Hall–Kier alpha value is -0.810. The molecular formula is C7H12N2O3. The van der Waals surface area contributed by atoms with Gasteiger partial charge in [0.05, 0.1) is 6.10 Å². The summed E-state index contributed by atoms with van der Waals surface area (Å²) in [6.45, 7) is 2.61. The van der Waals surface area contributed by atoms with E-state index in [9.17, 15) is 4.79 Å². The van der Waals surface area contributed by atoms with Gasteiger partial charge in [-0.15, -0.1) is 0 Å². The van der Waals surface area contributed by atoms with E-state index < -0.39 is 6.09 Å². The SMILES string of the molecule is O=C(O)N1CC(N2CC(O)C2)C1. The van der Waals surface area contributed by atoms with E-state index >= 15 is 0 Å². The van der Waals surface area contributed by atoms with Crippen molar-refractivity contribution in [2.75, 3.05) is 26.2 Å². The minimum atomic E-state index is -0.840. The average molecular weight is 172 g/mol. The lowest BCUT2D eigenvalue weighted by Gasteiger charge is -2.49. The molecule has 0 saturated carbocycles. The fourth-order valence-electron chi connectivity index (χ4n) is 1.63. The molecule has 0 radical (unpaired) electrons. The van der Waals surface area contributed by atoms with Crippen molar-refractivity contribution in [1.29, 1.82) is 0 Å². The van der Waals surface area contributed by atoms with E-state index in [0.717, 1.165) is 0 Å². The first kappa shape index (κ1) is 7.82. The van der Waals surface area contributed by atoms with Crippen molar-refractivity contribution in [3.8, 4) is 0 Å². The number of amides is 1. The molecule has 0 aromatic carbocycles. The average Bonchev–Trinajstić information content (AvgIpc) is 1.79. The van der Waals surface area contributed by atoms with Crippen LogP contribution < -0.4 is 0 Å². The number of aliphatic hydroxyl groups is 1. The monoisotopic (exact) mass is 172 g/mol. The molecule has 2 aliphatic heterocycles. The van der Waals surface area contributed by atoms with Crippen LogP contribution in [-0.4, -0.2) is 64.4 Å². The highest BCUT2D eigenvalue weighted by Crippen LogP contribution is 2.20. The van der Waals surface area contributed by atoms with E-state index in [0.29, 0.717) is 32.2 Å². The Kier molecular flexibility index (Phi) is 1.69. The Labute approximate surface area is 70.2 Å². The molecule has 2 aliphatic rings. The molecule has 2 heterocycles. The van der Waals surface area contributed by atoms with Crippen molar-refractivity contribution in [3.05, 3.63) is 0 Å². The number of likely N-dealkylation sites (tertiary alicyclic amines) is 2. The van der Waals surface area contributed by atoms with E-state index in [-0.39, 0.29) is 6.10 Å². The smallest absolute Gasteiger partial charge is 0.407 e. The lowest BCUT2D eigenvalue weighted by Crippen LogP contribution is -2.67. The molecular weight excluding hydrogens is 160 g/mol. The van der Waals surface area contributed by atoms with Crippen LogP contribution in [0.5, 0.6) is 0 Å². The van der Waals surface area contributed by atoms with Crippen molar-refractivity contribution in [3.63, 3.8) is 0 Å². The highest BCUT2D eigenvalue weighted by atomic mass is 16.4. The largest absolute Gasteiger partial charge is 0.465 e. The van der Waals surface area contributed by atoms with Crippen LogP contribution in [0.3, 0.4) is 0 Å². The molecule has 5 heteroatoms. The van der Waals surface area contributed by atoms with Crippen molar-refractivity contribution < 1.29 is 15.0 Å². The summed E-state index contributed by atoms with van der Waals surface area (Å²) in [5.41, 5.74) is 0. The molecule has 68 valence electrons. The maximum Gasteiger partial charge on any atom is 0.407 e. The number of carbonyl (C=O) groups is 1. The molecule has 0 atom stereocenters. The lowest BCUT2D eigenvalue weighted by atomic mass is 10.0. The lowest BCUT2D eigenvalue weighted by molar-refractivity contribution is -0.0639. The van der Waals surface area contributed by atoms with Gasteiger partial charge in [-0.3, -0.25) is 4.90 Å². The predicted octanol–water partition coefficient (Wildman–Crippen LogP) is -0.975. The third-order valence-electron chi connectivity index (χ3n) is 2.54. The first-order chi connectivity index (χ1) is 5.66. The molecule has 2 fully saturated rings. The molecule has 0 unspecified atom stereocenters. The van der Waals surface area contributed by atoms with E-state index in [1.165, 1.54) is 4.90 Å². The van der Waals surface area contributed by atoms with Crippen LogP contribution in [0.25, 0.3) is 0 Å². The van der Waals surface area contributed by atoms with Crippen LogP contribution >= 0.6 is 0 Å². The van der Waals surface area contributed by atoms with Gasteiger partial charge < -0.3 is 15.1 Å². The second-order valence-corrected chi connectivity index (χ2v) is 3.45. The molecule has 2 saturated heterocycles. The zero-order valence-electron chi connectivity index (χ0n) is 6.68. The summed E-state index contributed by atoms with van der Waals surface area (Å²) < 4.78 is 0. The number of hydrogen-bond acceptors (Lipinski definition) is 3. The number of hydrogen-bond donors (Lipinski definition) is 2. The van der Waals surface area contributed by atoms with Gasteiger partial charge in [-0.05, 0) is 0 Å². The third kappa shape index (κ3) is 1.15. The zero-order chi connectivity index (χ0) is 8.72. The van der Waals surface area contributed by atoms with Crippen molar-refractivity contribution >= 4 is 6.09 Å². The highest BCUT2D eigenvalue weighted by molar-refractivity contribution is 5.66. The Morgan fingerprint density at radius 3 is 2.25 bits per heavy atom. The van der Waals surface area contributed by atoms with Crippen molar-refractivity contribution in [2.45, 2.75) is 12.1 Å². The van der Waals surface area contributed by atoms with Gasteiger partial charge in [-0.25, -0.2) is 4.79 Å². The summed E-state index contributed by atoms with van der Waals surface area (Å²) in [7, 11) is 0. The molecule has 1 amide bonds. The normalized spacial score (nSPS) is 26.6. The number of β-amino-alcohol motifs (C(OH)–C–C–N with tert-alkyl or cyclic N) is 1. The van der Waals surface area contributed by atoms with Gasteiger partial charge in [0.25, 0.3) is 0 Å². The molecule has 0 aliphatic carbocycles. The Morgan fingerprint density at radius 2 is 1.83 bits per heavy atom. The molecule has 2 rings (SSSR count). The fraction of sp³-hybridized carbons (Fsp3) is 0.857. The summed E-state index contributed by atoms with van der Waals surface area (Å²) in [4.78, 5) is 13.9. The van der Waals surface area contributed by atoms with Gasteiger partial charge in [-0.2, -0.15) is 0 Å². The summed E-state index contributed by atoms with van der Waals surface area (Å²) >= 11 is 0. The van der Waals surface area contributed by atoms with Crippen LogP contribution in [0.2, 0.25) is 0 Å². The third-order valence-corrected chi connectivity index (χ3v) is 2.54. The van der Waals surface area contributed by atoms with Gasteiger partial charge in [-0.1, -0.05) is 0 Å². The number of nitrogens with zero attached hydrogens (tertiary/aromatic N) is 2. The molecule has 0 aromatic heterocycles. The number of rotatable bonds is 1. The summed E-state index contributed by atoms with van der Waals surface area (Å²) in [5, 5.41) is 17.5. The number of aliphatic hydroxyl groups excluding tert-OH is 1. The van der Waals surface area contributed by atoms with Crippen molar-refractivity contribution in [2.24, 2.45) is 0 Å². The Bertz CT molecular complexity index is 197. The molecule has 5 nitrogen and oxygen atoms in total. The topological polar surface area (TPSA) is 64.0 Å². The minimum absolute atomic E-state index is 0.191. The number of carboxylic acid groups (broad SMARTS) is 1. The van der Waals surface area contributed by atoms with Gasteiger partial charge in [0.15, 0.2) is 0 Å². The van der Waals surface area contributed by atoms with Gasteiger partial charge >= 0.3 is 6.09 Å². The molecule has 2 N–H and O–H groups in total. The van der Waals surface area contributed by atoms with Crippen LogP contribution in [0.1, 0.15) is 0 Å². The molecule has 0 bridgehead atoms. The summed E-state index contributed by atoms with van der Waals surface area (Å²) in [6, 6.07) is 0.351. The van der Waals surface area contributed by atoms with Crippen LogP contribution in [0.15, 0.2) is 0 Å². The quantitative estimate of drug-likeness (QED) is 0.534. The van der Waals surface area contributed by atoms with Crippen LogP contribution in [0, 0.1) is 0 Å². The standard InChI is InChI=1S/C7H12N2O3/c10-6-3-8(4-6)5-1-9(2-5)7(11)12/h5-6,10H,1-4H2,(H,11,12). The summed E-state index contributed by atoms with van der Waals surface area (Å²) in [6.07, 6.45) is -1.03. The van der Waals surface area contributed by atoms with E-state index in [2.05, 4.69) is 4.90 Å². The minimum Gasteiger partial charge on any atom is -0.465 e. The first-order valence-corrected chi connectivity index (χ1v) is 4.07. The predicted molar refractivity (Wildman–Crippen MR) is 41.0 cm³/mol. The second-order valence-electron chi connectivity index (χ2n) is 3.45. The van der Waals surface area contributed by atoms with E-state index in [4.69, 9.17) is 10.2 Å².